The van der Waals surface area contributed by atoms with E-state index in [2.05, 4.69) is 15.5 Å². The molecule has 0 aliphatic heterocycles. The number of rotatable bonds is 8. The molecule has 3 rings (SSSR count). The monoisotopic (exact) mass is 345 g/mol. The van der Waals surface area contributed by atoms with Crippen LogP contribution in [0.1, 0.15) is 25.2 Å². The van der Waals surface area contributed by atoms with Gasteiger partial charge in [0.25, 0.3) is 0 Å². The van der Waals surface area contributed by atoms with Crippen molar-refractivity contribution in [3.63, 3.8) is 0 Å². The molecule has 1 aromatic heterocycles. The van der Waals surface area contributed by atoms with Crippen molar-refractivity contribution in [1.82, 2.24) is 15.5 Å². The molecule has 0 radical (unpaired) electrons. The number of aromatic nitrogens is 2. The second-order valence-electron chi connectivity index (χ2n) is 5.96. The molecular weight excluding hydrogens is 326 g/mol. The Morgan fingerprint density at radius 1 is 1.36 bits per heavy atom. The maximum Gasteiger partial charge on any atom is 0.326 e. The van der Waals surface area contributed by atoms with Crippen molar-refractivity contribution >= 4 is 11.9 Å². The summed E-state index contributed by atoms with van der Waals surface area (Å²) in [7, 11) is 1.59. The van der Waals surface area contributed by atoms with Gasteiger partial charge in [0.1, 0.15) is 11.8 Å². The molecule has 1 unspecified atom stereocenters. The number of carbonyl (C=O) groups is 2. The van der Waals surface area contributed by atoms with Gasteiger partial charge < -0.3 is 19.7 Å². The maximum atomic E-state index is 11.9. The first-order valence-corrected chi connectivity index (χ1v) is 8.06. The number of benzene rings is 1. The SMILES string of the molecule is COc1ccc(-c2noc(CCC(=O)NC(C(=O)O)C3CC3)n2)cc1. The number of carbonyl (C=O) groups excluding carboxylic acids is 1. The summed E-state index contributed by atoms with van der Waals surface area (Å²) >= 11 is 0. The van der Waals surface area contributed by atoms with Crippen LogP contribution in [0.2, 0.25) is 0 Å². The van der Waals surface area contributed by atoms with Crippen LogP contribution in [-0.4, -0.2) is 40.3 Å². The number of carboxylic acids is 1. The first-order chi connectivity index (χ1) is 12.1. The number of ether oxygens (including phenoxy) is 1. The molecule has 25 heavy (non-hydrogen) atoms. The molecule has 1 aromatic carbocycles. The summed E-state index contributed by atoms with van der Waals surface area (Å²) in [5.74, 6) is 0.219. The van der Waals surface area contributed by atoms with Gasteiger partial charge in [-0.3, -0.25) is 4.79 Å². The van der Waals surface area contributed by atoms with Crippen molar-refractivity contribution in [2.45, 2.75) is 31.7 Å². The second kappa shape index (κ2) is 7.33. The highest BCUT2D eigenvalue weighted by atomic mass is 16.5. The zero-order valence-electron chi connectivity index (χ0n) is 13.8. The highest BCUT2D eigenvalue weighted by molar-refractivity contribution is 5.84. The van der Waals surface area contributed by atoms with Crippen LogP contribution >= 0.6 is 0 Å². The van der Waals surface area contributed by atoms with Gasteiger partial charge in [-0.2, -0.15) is 4.98 Å². The minimum Gasteiger partial charge on any atom is -0.497 e. The molecule has 8 nitrogen and oxygen atoms in total. The van der Waals surface area contributed by atoms with Gasteiger partial charge in [-0.25, -0.2) is 4.79 Å². The lowest BCUT2D eigenvalue weighted by atomic mass is 10.1. The Morgan fingerprint density at radius 2 is 2.08 bits per heavy atom. The van der Waals surface area contributed by atoms with Crippen molar-refractivity contribution in [1.29, 1.82) is 0 Å². The van der Waals surface area contributed by atoms with E-state index in [-0.39, 0.29) is 24.7 Å². The molecule has 1 saturated carbocycles. The van der Waals surface area contributed by atoms with Crippen LogP contribution in [0.25, 0.3) is 11.4 Å². The molecule has 1 heterocycles. The van der Waals surface area contributed by atoms with Crippen molar-refractivity contribution in [2.75, 3.05) is 7.11 Å². The fourth-order valence-corrected chi connectivity index (χ4v) is 2.49. The van der Waals surface area contributed by atoms with Gasteiger partial charge >= 0.3 is 5.97 Å². The van der Waals surface area contributed by atoms with E-state index in [1.54, 1.807) is 19.2 Å². The molecule has 1 aliphatic rings. The molecule has 0 spiro atoms. The molecule has 132 valence electrons. The number of methoxy groups -OCH3 is 1. The third-order valence-electron chi connectivity index (χ3n) is 4.06. The topological polar surface area (TPSA) is 115 Å². The Balaban J connectivity index is 1.54. The summed E-state index contributed by atoms with van der Waals surface area (Å²) in [6, 6.07) is 6.41. The molecule has 1 fully saturated rings. The highest BCUT2D eigenvalue weighted by Crippen LogP contribution is 2.32. The van der Waals surface area contributed by atoms with Gasteiger partial charge in [0.2, 0.25) is 17.6 Å². The number of aliphatic carboxylic acids is 1. The van der Waals surface area contributed by atoms with E-state index in [0.717, 1.165) is 24.2 Å². The number of carboxylic acid groups (broad SMARTS) is 1. The standard InChI is InChI=1S/C17H19N3O5/c1-24-12-6-4-11(5-7-12)16-19-14(25-20-16)9-8-13(21)18-15(17(22)23)10-2-3-10/h4-7,10,15H,2-3,8-9H2,1H3,(H,18,21)(H,22,23). The lowest BCUT2D eigenvalue weighted by Crippen LogP contribution is -2.42. The zero-order chi connectivity index (χ0) is 17.8. The third kappa shape index (κ3) is 4.34. The van der Waals surface area contributed by atoms with Crippen molar-refractivity contribution < 1.29 is 24.0 Å². The zero-order valence-corrected chi connectivity index (χ0v) is 13.8. The van der Waals surface area contributed by atoms with E-state index in [1.165, 1.54) is 0 Å². The highest BCUT2D eigenvalue weighted by Gasteiger charge is 2.37. The Bertz CT molecular complexity index is 752. The molecule has 1 amide bonds. The van der Waals surface area contributed by atoms with E-state index >= 15 is 0 Å². The molecule has 8 heteroatoms. The molecule has 2 N–H and O–H groups in total. The Morgan fingerprint density at radius 3 is 2.68 bits per heavy atom. The van der Waals surface area contributed by atoms with Crippen LogP contribution in [0, 0.1) is 5.92 Å². The van der Waals surface area contributed by atoms with Crippen LogP contribution in [-0.2, 0) is 16.0 Å². The van der Waals surface area contributed by atoms with Crippen LogP contribution in [0.4, 0.5) is 0 Å². The van der Waals surface area contributed by atoms with Crippen LogP contribution in [0.15, 0.2) is 28.8 Å². The largest absolute Gasteiger partial charge is 0.497 e. The Labute approximate surface area is 144 Å². The molecule has 0 bridgehead atoms. The van der Waals surface area contributed by atoms with Gasteiger partial charge in [0.05, 0.1) is 7.11 Å². The second-order valence-corrected chi connectivity index (χ2v) is 5.96. The van der Waals surface area contributed by atoms with E-state index in [9.17, 15) is 9.59 Å². The minimum absolute atomic E-state index is 0.0477. The predicted octanol–water partition coefficient (Wildman–Crippen LogP) is 1.66. The van der Waals surface area contributed by atoms with Gasteiger partial charge in [-0.1, -0.05) is 5.16 Å². The Kier molecular flexibility index (Phi) is 4.97. The summed E-state index contributed by atoms with van der Waals surface area (Å²) in [5.41, 5.74) is 0.778. The summed E-state index contributed by atoms with van der Waals surface area (Å²) in [6.45, 7) is 0. The predicted molar refractivity (Wildman–Crippen MR) is 86.9 cm³/mol. The van der Waals surface area contributed by atoms with E-state index < -0.39 is 12.0 Å². The van der Waals surface area contributed by atoms with Crippen molar-refractivity contribution in [3.8, 4) is 17.1 Å². The number of hydrogen-bond donors (Lipinski definition) is 2. The van der Waals surface area contributed by atoms with Crippen molar-refractivity contribution in [3.05, 3.63) is 30.2 Å². The van der Waals surface area contributed by atoms with Gasteiger partial charge in [0, 0.05) is 18.4 Å². The molecule has 2 aromatic rings. The fourth-order valence-electron chi connectivity index (χ4n) is 2.49. The lowest BCUT2D eigenvalue weighted by Gasteiger charge is -2.12. The number of aryl methyl sites for hydroxylation is 1. The number of nitrogens with zero attached hydrogens (tertiary/aromatic N) is 2. The maximum absolute atomic E-state index is 11.9. The number of nitrogens with one attached hydrogen (secondary N) is 1. The summed E-state index contributed by atoms with van der Waals surface area (Å²) in [4.78, 5) is 27.3. The molecular formula is C17H19N3O5. The molecule has 1 aliphatic carbocycles. The number of hydrogen-bond acceptors (Lipinski definition) is 6. The van der Waals surface area contributed by atoms with Gasteiger partial charge in [-0.15, -0.1) is 0 Å². The summed E-state index contributed by atoms with van der Waals surface area (Å²) in [5, 5.41) is 15.6. The molecule has 0 saturated heterocycles. The molecule has 1 atom stereocenters. The average molecular weight is 345 g/mol. The fraction of sp³-hybridized carbons (Fsp3) is 0.412. The quantitative estimate of drug-likeness (QED) is 0.747. The smallest absolute Gasteiger partial charge is 0.326 e. The first kappa shape index (κ1) is 16.9. The average Bonchev–Trinajstić information content (AvgIpc) is 3.34. The number of amides is 1. The van der Waals surface area contributed by atoms with Crippen LogP contribution in [0.3, 0.4) is 0 Å². The Hall–Kier alpha value is -2.90. The first-order valence-electron chi connectivity index (χ1n) is 8.06. The van der Waals surface area contributed by atoms with E-state index in [0.29, 0.717) is 11.7 Å². The van der Waals surface area contributed by atoms with E-state index in [4.69, 9.17) is 14.4 Å². The summed E-state index contributed by atoms with van der Waals surface area (Å²) < 4.78 is 10.2. The summed E-state index contributed by atoms with van der Waals surface area (Å²) in [6.07, 6.45) is 2.03. The van der Waals surface area contributed by atoms with Crippen molar-refractivity contribution in [2.24, 2.45) is 5.92 Å². The van der Waals surface area contributed by atoms with E-state index in [1.807, 2.05) is 12.1 Å². The lowest BCUT2D eigenvalue weighted by molar-refractivity contribution is -0.142. The van der Waals surface area contributed by atoms with Gasteiger partial charge in [-0.05, 0) is 43.0 Å². The van der Waals surface area contributed by atoms with Gasteiger partial charge in [0.15, 0.2) is 0 Å². The minimum atomic E-state index is -0.990. The normalized spacial score (nSPS) is 14.8. The van der Waals surface area contributed by atoms with Crippen LogP contribution in [0.5, 0.6) is 5.75 Å². The third-order valence-corrected chi connectivity index (χ3v) is 4.06. The van der Waals surface area contributed by atoms with Crippen LogP contribution < -0.4 is 10.1 Å².